The Morgan fingerprint density at radius 3 is 2.33 bits per heavy atom. The summed E-state index contributed by atoms with van der Waals surface area (Å²) in [5, 5.41) is 10.9. The molecule has 0 N–H and O–H groups in total. The van der Waals surface area contributed by atoms with Crippen LogP contribution in [0.3, 0.4) is 0 Å². The van der Waals surface area contributed by atoms with Gasteiger partial charge in [-0.25, -0.2) is 8.42 Å². The summed E-state index contributed by atoms with van der Waals surface area (Å²) in [4.78, 5) is 10.4. The van der Waals surface area contributed by atoms with E-state index in [-0.39, 0.29) is 10.6 Å². The van der Waals surface area contributed by atoms with E-state index in [1.54, 1.807) is 6.07 Å². The Labute approximate surface area is 125 Å². The Morgan fingerprint density at radius 2 is 1.81 bits per heavy atom. The van der Waals surface area contributed by atoms with Gasteiger partial charge in [-0.3, -0.25) is 10.1 Å². The Morgan fingerprint density at radius 1 is 1.19 bits per heavy atom. The van der Waals surface area contributed by atoms with E-state index in [0.717, 1.165) is 25.7 Å². The molecule has 7 heteroatoms. The van der Waals surface area contributed by atoms with Crippen LogP contribution in [0.25, 0.3) is 0 Å². The molecule has 0 amide bonds. The number of non-ortho nitro benzene ring substituents is 1. The number of sulfonamides is 1. The second kappa shape index (κ2) is 6.53. The number of aryl methyl sites for hydroxylation is 1. The lowest BCUT2D eigenvalue weighted by molar-refractivity contribution is -0.385. The number of nitrogens with zero attached hydrogens (tertiary/aromatic N) is 2. The molecule has 21 heavy (non-hydrogen) atoms. The fourth-order valence-electron chi connectivity index (χ4n) is 2.61. The van der Waals surface area contributed by atoms with Crippen LogP contribution in [-0.2, 0) is 16.4 Å². The first-order chi connectivity index (χ1) is 9.96. The SMILES string of the molecule is CCc1ccc([N+](=O)[O-])cc1S(=O)(=O)N1CCCCCC1. The summed E-state index contributed by atoms with van der Waals surface area (Å²) in [7, 11) is -3.66. The lowest BCUT2D eigenvalue weighted by Gasteiger charge is -2.21. The Kier molecular flexibility index (Phi) is 4.95. The van der Waals surface area contributed by atoms with Gasteiger partial charge in [0.25, 0.3) is 5.69 Å². The summed E-state index contributed by atoms with van der Waals surface area (Å²) in [6.07, 6.45) is 4.27. The number of benzene rings is 1. The van der Waals surface area contributed by atoms with E-state index >= 15 is 0 Å². The minimum Gasteiger partial charge on any atom is -0.258 e. The van der Waals surface area contributed by atoms with Gasteiger partial charge in [-0.05, 0) is 24.8 Å². The van der Waals surface area contributed by atoms with Crippen molar-refractivity contribution in [2.45, 2.75) is 43.9 Å². The minimum absolute atomic E-state index is 0.0844. The molecule has 1 aliphatic rings. The molecule has 116 valence electrons. The molecule has 0 bridgehead atoms. The van der Waals surface area contributed by atoms with Crippen LogP contribution in [0.5, 0.6) is 0 Å². The van der Waals surface area contributed by atoms with Crippen LogP contribution in [0, 0.1) is 10.1 Å². The number of hydrogen-bond acceptors (Lipinski definition) is 4. The van der Waals surface area contributed by atoms with Crippen LogP contribution >= 0.6 is 0 Å². The van der Waals surface area contributed by atoms with Crippen LogP contribution in [0.2, 0.25) is 0 Å². The van der Waals surface area contributed by atoms with Crippen molar-refractivity contribution in [2.75, 3.05) is 13.1 Å². The molecule has 0 aromatic heterocycles. The van der Waals surface area contributed by atoms with Crippen LogP contribution in [0.4, 0.5) is 5.69 Å². The van der Waals surface area contributed by atoms with Gasteiger partial charge in [0.05, 0.1) is 9.82 Å². The lowest BCUT2D eigenvalue weighted by Crippen LogP contribution is -2.32. The molecule has 1 aromatic carbocycles. The van der Waals surface area contributed by atoms with Crippen molar-refractivity contribution in [2.24, 2.45) is 0 Å². The zero-order valence-electron chi connectivity index (χ0n) is 12.1. The van der Waals surface area contributed by atoms with Crippen molar-refractivity contribution < 1.29 is 13.3 Å². The molecular weight excluding hydrogens is 292 g/mol. The van der Waals surface area contributed by atoms with E-state index in [2.05, 4.69) is 0 Å². The summed E-state index contributed by atoms with van der Waals surface area (Å²) >= 11 is 0. The zero-order chi connectivity index (χ0) is 15.5. The third kappa shape index (κ3) is 3.41. The minimum atomic E-state index is -3.66. The normalized spacial score (nSPS) is 17.4. The van der Waals surface area contributed by atoms with Gasteiger partial charge in [0.15, 0.2) is 0 Å². The summed E-state index contributed by atoms with van der Waals surface area (Å²) in [6.45, 7) is 2.84. The second-order valence-corrected chi connectivity index (χ2v) is 7.13. The van der Waals surface area contributed by atoms with E-state index in [1.165, 1.54) is 16.4 Å². The molecule has 6 nitrogen and oxygen atoms in total. The monoisotopic (exact) mass is 312 g/mol. The molecule has 0 radical (unpaired) electrons. The number of nitro benzene ring substituents is 1. The molecule has 0 saturated carbocycles. The fraction of sp³-hybridized carbons (Fsp3) is 0.571. The molecular formula is C14H20N2O4S. The number of nitro groups is 1. The molecule has 0 spiro atoms. The summed E-state index contributed by atoms with van der Waals surface area (Å²) < 4.78 is 27.1. The molecule has 1 fully saturated rings. The second-order valence-electron chi connectivity index (χ2n) is 5.22. The highest BCUT2D eigenvalue weighted by atomic mass is 32.2. The van der Waals surface area contributed by atoms with Crippen molar-refractivity contribution in [3.63, 3.8) is 0 Å². The van der Waals surface area contributed by atoms with Gasteiger partial charge in [-0.2, -0.15) is 4.31 Å². The van der Waals surface area contributed by atoms with Gasteiger partial charge in [-0.1, -0.05) is 25.8 Å². The Hall–Kier alpha value is -1.47. The third-order valence-corrected chi connectivity index (χ3v) is 5.81. The standard InChI is InChI=1S/C14H20N2O4S/c1-2-12-7-8-13(16(17)18)11-14(12)21(19,20)15-9-5-3-4-6-10-15/h7-8,11H,2-6,9-10H2,1H3. The predicted molar refractivity (Wildman–Crippen MR) is 79.7 cm³/mol. The van der Waals surface area contributed by atoms with Crippen LogP contribution in [0.1, 0.15) is 38.2 Å². The maximum Gasteiger partial charge on any atom is 0.270 e. The average Bonchev–Trinajstić information content (AvgIpc) is 2.76. The number of hydrogen-bond donors (Lipinski definition) is 0. The van der Waals surface area contributed by atoms with Gasteiger partial charge in [-0.15, -0.1) is 0 Å². The first kappa shape index (κ1) is 15.9. The van der Waals surface area contributed by atoms with E-state index in [0.29, 0.717) is 25.1 Å². The Bertz CT molecular complexity index is 620. The zero-order valence-corrected chi connectivity index (χ0v) is 12.9. The van der Waals surface area contributed by atoms with Gasteiger partial charge < -0.3 is 0 Å². The van der Waals surface area contributed by atoms with Crippen molar-refractivity contribution in [1.29, 1.82) is 0 Å². The molecule has 1 heterocycles. The van der Waals surface area contributed by atoms with E-state index in [4.69, 9.17) is 0 Å². The van der Waals surface area contributed by atoms with Crippen LogP contribution in [0.15, 0.2) is 23.1 Å². The van der Waals surface area contributed by atoms with E-state index in [9.17, 15) is 18.5 Å². The predicted octanol–water partition coefficient (Wildman–Crippen LogP) is 2.72. The molecule has 2 rings (SSSR count). The maximum absolute atomic E-state index is 12.8. The average molecular weight is 312 g/mol. The summed E-state index contributed by atoms with van der Waals surface area (Å²) in [6, 6.07) is 4.10. The summed E-state index contributed by atoms with van der Waals surface area (Å²) in [5.41, 5.74) is 0.449. The van der Waals surface area contributed by atoms with Crippen LogP contribution in [-0.4, -0.2) is 30.7 Å². The van der Waals surface area contributed by atoms with Crippen molar-refractivity contribution in [3.8, 4) is 0 Å². The summed E-state index contributed by atoms with van der Waals surface area (Å²) in [5.74, 6) is 0. The van der Waals surface area contributed by atoms with E-state index < -0.39 is 14.9 Å². The fourth-order valence-corrected chi connectivity index (χ4v) is 4.44. The van der Waals surface area contributed by atoms with Crippen LogP contribution < -0.4 is 0 Å². The highest BCUT2D eigenvalue weighted by molar-refractivity contribution is 7.89. The van der Waals surface area contributed by atoms with E-state index in [1.807, 2.05) is 6.92 Å². The highest BCUT2D eigenvalue weighted by Gasteiger charge is 2.28. The van der Waals surface area contributed by atoms with Gasteiger partial charge >= 0.3 is 0 Å². The van der Waals surface area contributed by atoms with Crippen molar-refractivity contribution in [1.82, 2.24) is 4.31 Å². The molecule has 1 aromatic rings. The maximum atomic E-state index is 12.8. The quantitative estimate of drug-likeness (QED) is 0.632. The Balaban J connectivity index is 2.46. The number of rotatable bonds is 4. The topological polar surface area (TPSA) is 80.5 Å². The smallest absolute Gasteiger partial charge is 0.258 e. The van der Waals surface area contributed by atoms with Gasteiger partial charge in [0, 0.05) is 25.2 Å². The van der Waals surface area contributed by atoms with Crippen molar-refractivity contribution in [3.05, 3.63) is 33.9 Å². The lowest BCUT2D eigenvalue weighted by atomic mass is 10.1. The third-order valence-electron chi connectivity index (χ3n) is 3.83. The first-order valence-electron chi connectivity index (χ1n) is 7.24. The largest absolute Gasteiger partial charge is 0.270 e. The highest BCUT2D eigenvalue weighted by Crippen LogP contribution is 2.27. The first-order valence-corrected chi connectivity index (χ1v) is 8.68. The molecule has 0 atom stereocenters. The van der Waals surface area contributed by atoms with Gasteiger partial charge in [0.1, 0.15) is 0 Å². The van der Waals surface area contributed by atoms with Gasteiger partial charge in [0.2, 0.25) is 10.0 Å². The molecule has 0 aliphatic carbocycles. The molecule has 1 saturated heterocycles. The molecule has 0 unspecified atom stereocenters. The molecule has 1 aliphatic heterocycles. The van der Waals surface area contributed by atoms with Crippen molar-refractivity contribution >= 4 is 15.7 Å².